The molecule has 2 N–H and O–H groups in total. The molecule has 0 aliphatic carbocycles. The molecule has 2 aliphatic rings. The molecule has 0 unspecified atom stereocenters. The van der Waals surface area contributed by atoms with Gasteiger partial charge in [-0.25, -0.2) is 14.4 Å². The van der Waals surface area contributed by atoms with Gasteiger partial charge in [-0.1, -0.05) is 18.2 Å². The summed E-state index contributed by atoms with van der Waals surface area (Å²) >= 11 is 0. The number of carbonyl (C=O) groups is 4. The first-order valence-corrected chi connectivity index (χ1v) is 9.38. The minimum absolute atomic E-state index is 0.0196. The van der Waals surface area contributed by atoms with Gasteiger partial charge in [0.1, 0.15) is 29.3 Å². The molecule has 0 amide bonds. The van der Waals surface area contributed by atoms with Crippen molar-refractivity contribution in [3.8, 4) is 0 Å². The van der Waals surface area contributed by atoms with E-state index in [4.69, 9.17) is 24.7 Å². The zero-order valence-electron chi connectivity index (χ0n) is 17.5. The van der Waals surface area contributed by atoms with Crippen molar-refractivity contribution in [1.29, 1.82) is 0 Å². The van der Waals surface area contributed by atoms with Gasteiger partial charge in [-0.05, 0) is 19.9 Å². The molecule has 31 heavy (non-hydrogen) atoms. The Balaban J connectivity index is 2.42. The lowest BCUT2D eigenvalue weighted by atomic mass is 9.66. The van der Waals surface area contributed by atoms with Crippen LogP contribution in [0.2, 0.25) is 0 Å². The molecule has 2 heterocycles. The highest BCUT2D eigenvalue weighted by Gasteiger charge is 2.63. The predicted molar refractivity (Wildman–Crippen MR) is 106 cm³/mol. The summed E-state index contributed by atoms with van der Waals surface area (Å²) in [5, 5.41) is 0. The number of hydrogen-bond donors (Lipinski definition) is 1. The van der Waals surface area contributed by atoms with Gasteiger partial charge in [0, 0.05) is 11.3 Å². The van der Waals surface area contributed by atoms with Gasteiger partial charge in [0.15, 0.2) is 5.41 Å². The molecular formula is C21H22N2O8. The number of ether oxygens (including phenoxy) is 4. The summed E-state index contributed by atoms with van der Waals surface area (Å²) in [6.07, 6.45) is 0. The van der Waals surface area contributed by atoms with Crippen molar-refractivity contribution >= 4 is 29.6 Å². The summed E-state index contributed by atoms with van der Waals surface area (Å²) < 4.78 is 20.1. The first-order valence-electron chi connectivity index (χ1n) is 9.38. The van der Waals surface area contributed by atoms with Gasteiger partial charge < -0.3 is 29.6 Å². The van der Waals surface area contributed by atoms with E-state index in [9.17, 15) is 19.2 Å². The van der Waals surface area contributed by atoms with Crippen LogP contribution in [0.15, 0.2) is 47.0 Å². The predicted octanol–water partition coefficient (Wildman–Crippen LogP) is 0.655. The molecule has 1 atom stereocenters. The number of benzene rings is 1. The summed E-state index contributed by atoms with van der Waals surface area (Å²) in [4.78, 5) is 52.6. The van der Waals surface area contributed by atoms with E-state index in [1.165, 1.54) is 18.9 Å². The summed E-state index contributed by atoms with van der Waals surface area (Å²) in [5.74, 6) is -3.60. The molecule has 0 bridgehead atoms. The van der Waals surface area contributed by atoms with Gasteiger partial charge in [0.2, 0.25) is 0 Å². The van der Waals surface area contributed by atoms with E-state index in [1.54, 1.807) is 31.2 Å². The highest BCUT2D eigenvalue weighted by molar-refractivity contribution is 6.16. The van der Waals surface area contributed by atoms with Crippen LogP contribution < -0.4 is 10.6 Å². The first-order chi connectivity index (χ1) is 14.7. The number of fused-ring (bicyclic) bond motifs is 2. The lowest BCUT2D eigenvalue weighted by molar-refractivity contribution is -0.146. The summed E-state index contributed by atoms with van der Waals surface area (Å²) in [7, 11) is 2.32. The lowest BCUT2D eigenvalue weighted by Gasteiger charge is -2.40. The van der Waals surface area contributed by atoms with Crippen LogP contribution >= 0.6 is 0 Å². The van der Waals surface area contributed by atoms with Crippen molar-refractivity contribution in [1.82, 2.24) is 0 Å². The van der Waals surface area contributed by atoms with Crippen molar-refractivity contribution in [2.75, 3.05) is 32.3 Å². The van der Waals surface area contributed by atoms with Crippen LogP contribution in [-0.2, 0) is 43.5 Å². The number of nitrogens with two attached hydrogens (primary N) is 1. The maximum absolute atomic E-state index is 13.3. The van der Waals surface area contributed by atoms with Crippen LogP contribution in [0.4, 0.5) is 5.69 Å². The fraction of sp³-hybridized carbons (Fsp3) is 0.333. The van der Waals surface area contributed by atoms with Crippen LogP contribution in [0.25, 0.3) is 0 Å². The van der Waals surface area contributed by atoms with Crippen molar-refractivity contribution in [2.24, 2.45) is 5.73 Å². The van der Waals surface area contributed by atoms with E-state index >= 15 is 0 Å². The number of nitrogens with zero attached hydrogens (tertiary/aromatic N) is 1. The summed E-state index contributed by atoms with van der Waals surface area (Å²) in [6.45, 7) is 2.72. The average Bonchev–Trinajstić information content (AvgIpc) is 3.01. The Morgan fingerprint density at radius 2 is 1.77 bits per heavy atom. The van der Waals surface area contributed by atoms with Crippen LogP contribution in [0.1, 0.15) is 19.4 Å². The van der Waals surface area contributed by atoms with Crippen LogP contribution in [0.3, 0.4) is 0 Å². The van der Waals surface area contributed by atoms with E-state index in [0.29, 0.717) is 5.69 Å². The van der Waals surface area contributed by atoms with Crippen LogP contribution in [0, 0.1) is 0 Å². The lowest BCUT2D eigenvalue weighted by Crippen LogP contribution is -2.51. The zero-order valence-corrected chi connectivity index (χ0v) is 17.5. The third-order valence-electron chi connectivity index (χ3n) is 5.18. The molecule has 0 radical (unpaired) electrons. The number of carbonyl (C=O) groups excluding carboxylic acids is 4. The largest absolute Gasteiger partial charge is 0.468 e. The number of anilines is 1. The molecule has 1 spiro atoms. The number of methoxy groups -OCH3 is 2. The van der Waals surface area contributed by atoms with Crippen LogP contribution in [0.5, 0.6) is 0 Å². The number of cyclic esters (lactones) is 1. The van der Waals surface area contributed by atoms with Crippen molar-refractivity contribution in [2.45, 2.75) is 19.3 Å². The summed E-state index contributed by atoms with van der Waals surface area (Å²) in [6, 6.07) is 6.43. The molecule has 2 aliphatic heterocycles. The maximum atomic E-state index is 13.3. The molecule has 164 valence electrons. The van der Waals surface area contributed by atoms with E-state index < -0.39 is 29.3 Å². The maximum Gasteiger partial charge on any atom is 0.339 e. The van der Waals surface area contributed by atoms with Gasteiger partial charge in [-0.15, -0.1) is 0 Å². The molecule has 10 nitrogen and oxygen atoms in total. The van der Waals surface area contributed by atoms with Crippen molar-refractivity contribution in [3.05, 3.63) is 52.6 Å². The Bertz CT molecular complexity index is 1040. The molecule has 1 aromatic carbocycles. The minimum Gasteiger partial charge on any atom is -0.468 e. The minimum atomic E-state index is -2.02. The van der Waals surface area contributed by atoms with E-state index in [0.717, 1.165) is 7.11 Å². The molecule has 0 saturated heterocycles. The van der Waals surface area contributed by atoms with E-state index in [-0.39, 0.29) is 41.4 Å². The number of hydrogen-bond acceptors (Lipinski definition) is 10. The first kappa shape index (κ1) is 21.9. The average molecular weight is 430 g/mol. The molecule has 10 heteroatoms. The quantitative estimate of drug-likeness (QED) is 0.524. The second-order valence-corrected chi connectivity index (χ2v) is 6.72. The van der Waals surface area contributed by atoms with Gasteiger partial charge >= 0.3 is 23.9 Å². The van der Waals surface area contributed by atoms with Gasteiger partial charge in [0.05, 0.1) is 20.8 Å². The third kappa shape index (κ3) is 3.11. The standard InChI is InChI=1S/C21H22N2O8/c1-5-30-19(26)15-11(2)31-20(27)21(15)12-8-6-7-9-13(12)23(10-14(24)28-3)17(22)16(21)18(25)29-4/h6-9H,5,10,22H2,1-4H3/t21-/m0/s1. The topological polar surface area (TPSA) is 134 Å². The summed E-state index contributed by atoms with van der Waals surface area (Å²) in [5.41, 5.74) is 4.34. The molecule has 0 fully saturated rings. The SMILES string of the molecule is CCOC(=O)C1=C(C)OC(=O)[C@]12C(C(=O)OC)=C(N)N(CC(=O)OC)c1ccccc12. The normalized spacial score (nSPS) is 19.9. The third-order valence-corrected chi connectivity index (χ3v) is 5.18. The number of rotatable bonds is 5. The van der Waals surface area contributed by atoms with Crippen molar-refractivity contribution in [3.63, 3.8) is 0 Å². The van der Waals surface area contributed by atoms with Gasteiger partial charge in [-0.2, -0.15) is 0 Å². The van der Waals surface area contributed by atoms with Gasteiger partial charge in [-0.3, -0.25) is 4.79 Å². The van der Waals surface area contributed by atoms with E-state index in [1.807, 2.05) is 0 Å². The molecule has 1 aromatic rings. The number of allylic oxidation sites excluding steroid dienone is 1. The Kier molecular flexibility index (Phi) is 5.74. The van der Waals surface area contributed by atoms with E-state index in [2.05, 4.69) is 0 Å². The smallest absolute Gasteiger partial charge is 0.339 e. The fourth-order valence-corrected chi connectivity index (χ4v) is 3.95. The molecule has 0 saturated carbocycles. The fourth-order valence-electron chi connectivity index (χ4n) is 3.95. The van der Waals surface area contributed by atoms with Crippen molar-refractivity contribution < 1.29 is 38.1 Å². The Hall–Kier alpha value is -3.82. The Morgan fingerprint density at radius 1 is 1.10 bits per heavy atom. The number of para-hydroxylation sites is 1. The van der Waals surface area contributed by atoms with Crippen LogP contribution in [-0.4, -0.2) is 51.2 Å². The van der Waals surface area contributed by atoms with Gasteiger partial charge in [0.25, 0.3) is 0 Å². The highest BCUT2D eigenvalue weighted by atomic mass is 16.6. The second kappa shape index (κ2) is 8.13. The Morgan fingerprint density at radius 3 is 2.39 bits per heavy atom. The Labute approximate surface area is 178 Å². The second-order valence-electron chi connectivity index (χ2n) is 6.72. The highest BCUT2D eigenvalue weighted by Crippen LogP contribution is 2.53. The monoisotopic (exact) mass is 430 g/mol. The molecular weight excluding hydrogens is 408 g/mol. The zero-order chi connectivity index (χ0) is 22.9. The molecule has 3 rings (SSSR count). The molecule has 0 aromatic heterocycles. The number of esters is 4.